The number of para-hydroxylation sites is 1. The van der Waals surface area contributed by atoms with E-state index in [0.717, 1.165) is 0 Å². The first-order chi connectivity index (χ1) is 19.3. The summed E-state index contributed by atoms with van der Waals surface area (Å²) >= 11 is 1.17. The molecule has 2 aliphatic rings. The van der Waals surface area contributed by atoms with Crippen molar-refractivity contribution >= 4 is 29.2 Å². The molecule has 1 amide bonds. The topological polar surface area (TPSA) is 128 Å². The van der Waals surface area contributed by atoms with Crippen LogP contribution in [0.1, 0.15) is 22.3 Å². The molecule has 6 rings (SSSR count). The van der Waals surface area contributed by atoms with Gasteiger partial charge in [-0.2, -0.15) is 5.26 Å². The Hall–Kier alpha value is -4.95. The predicted molar refractivity (Wildman–Crippen MR) is 146 cm³/mol. The van der Waals surface area contributed by atoms with Crippen molar-refractivity contribution in [1.82, 2.24) is 9.97 Å². The van der Waals surface area contributed by atoms with E-state index in [9.17, 15) is 23.6 Å². The summed E-state index contributed by atoms with van der Waals surface area (Å²) in [6, 6.07) is 20.8. The van der Waals surface area contributed by atoms with E-state index in [4.69, 9.17) is 5.73 Å². The Kier molecular flexibility index (Phi) is 6.12. The van der Waals surface area contributed by atoms with Crippen LogP contribution in [0.3, 0.4) is 0 Å². The number of aromatic amines is 1. The fraction of sp³-hybridized carbons (Fsp3) is 0.103. The fourth-order valence-corrected chi connectivity index (χ4v) is 6.11. The second-order valence-corrected chi connectivity index (χ2v) is 10.3. The zero-order chi connectivity index (χ0) is 28.0. The first-order valence-electron chi connectivity index (χ1n) is 12.2. The van der Waals surface area contributed by atoms with Gasteiger partial charge in [0.15, 0.2) is 5.16 Å². The maximum absolute atomic E-state index is 14.4. The largest absolute Gasteiger partial charge is 0.384 e. The van der Waals surface area contributed by atoms with Crippen molar-refractivity contribution in [2.75, 3.05) is 10.2 Å². The van der Waals surface area contributed by atoms with Crippen LogP contribution in [0.25, 0.3) is 0 Å². The first kappa shape index (κ1) is 25.3. The Morgan fingerprint density at radius 3 is 2.42 bits per heavy atom. The number of carbonyl (C=O) groups excluding carboxylic acids is 1. The number of aromatic nitrogens is 2. The van der Waals surface area contributed by atoms with Crippen molar-refractivity contribution in [3.05, 3.63) is 128 Å². The minimum absolute atomic E-state index is 0.00361. The van der Waals surface area contributed by atoms with Gasteiger partial charge in [0.05, 0.1) is 17.7 Å². The number of benzene rings is 3. The summed E-state index contributed by atoms with van der Waals surface area (Å²) in [5.41, 5.74) is 5.69. The summed E-state index contributed by atoms with van der Waals surface area (Å²) in [6.07, 6.45) is 0. The van der Waals surface area contributed by atoms with Gasteiger partial charge in [-0.15, -0.1) is 0 Å². The Balaban J connectivity index is 1.49. The molecule has 2 aliphatic heterocycles. The molecule has 3 heterocycles. The quantitative estimate of drug-likeness (QED) is 0.248. The number of nitrogens with zero attached hydrogens (tertiary/aromatic N) is 3. The Bertz CT molecular complexity index is 1830. The minimum Gasteiger partial charge on any atom is -0.384 e. The van der Waals surface area contributed by atoms with Gasteiger partial charge in [-0.3, -0.25) is 9.59 Å². The molecule has 8 nitrogen and oxygen atoms in total. The van der Waals surface area contributed by atoms with Crippen LogP contribution in [0.5, 0.6) is 0 Å². The first-order valence-corrected chi connectivity index (χ1v) is 13.2. The zero-order valence-corrected chi connectivity index (χ0v) is 21.6. The van der Waals surface area contributed by atoms with Gasteiger partial charge in [0.25, 0.3) is 5.56 Å². The number of carbonyl (C=O) groups is 1. The highest BCUT2D eigenvalue weighted by Crippen LogP contribution is 2.53. The lowest BCUT2D eigenvalue weighted by atomic mass is 9.69. The number of thioether (sulfide) groups is 1. The summed E-state index contributed by atoms with van der Waals surface area (Å²) in [4.78, 5) is 36.9. The van der Waals surface area contributed by atoms with Gasteiger partial charge in [-0.25, -0.2) is 13.8 Å². The van der Waals surface area contributed by atoms with Crippen LogP contribution in [-0.4, -0.2) is 15.9 Å². The average molecular weight is 555 g/mol. The van der Waals surface area contributed by atoms with Crippen LogP contribution in [0.15, 0.2) is 94.1 Å². The number of halogens is 2. The van der Waals surface area contributed by atoms with Gasteiger partial charge in [0, 0.05) is 17.0 Å². The summed E-state index contributed by atoms with van der Waals surface area (Å²) < 4.78 is 27.6. The molecule has 0 saturated carbocycles. The van der Waals surface area contributed by atoms with Gasteiger partial charge >= 0.3 is 0 Å². The van der Waals surface area contributed by atoms with E-state index in [-0.39, 0.29) is 40.3 Å². The molecule has 11 heteroatoms. The summed E-state index contributed by atoms with van der Waals surface area (Å²) in [7, 11) is 0. The number of anilines is 2. The third-order valence-corrected chi connectivity index (χ3v) is 7.89. The minimum atomic E-state index is -1.87. The third-order valence-electron chi connectivity index (χ3n) is 6.94. The number of hydrogen-bond acceptors (Lipinski definition) is 7. The molecule has 198 valence electrons. The molecule has 0 saturated heterocycles. The van der Waals surface area contributed by atoms with Crippen molar-refractivity contribution in [2.45, 2.75) is 22.9 Å². The molecule has 1 aromatic heterocycles. The van der Waals surface area contributed by atoms with E-state index in [1.807, 2.05) is 6.07 Å². The number of nitrogens with one attached hydrogen (secondary N) is 2. The number of rotatable bonds is 5. The van der Waals surface area contributed by atoms with E-state index < -0.39 is 22.7 Å². The molecule has 0 unspecified atom stereocenters. The van der Waals surface area contributed by atoms with Gasteiger partial charge in [0.2, 0.25) is 5.91 Å². The molecule has 3 aromatic carbocycles. The van der Waals surface area contributed by atoms with E-state index in [1.165, 1.54) is 40.9 Å². The molecule has 4 aromatic rings. The monoisotopic (exact) mass is 554 g/mol. The maximum Gasteiger partial charge on any atom is 0.258 e. The van der Waals surface area contributed by atoms with Crippen LogP contribution in [0.2, 0.25) is 0 Å². The van der Waals surface area contributed by atoms with Crippen LogP contribution in [0, 0.1) is 23.0 Å². The normalized spacial score (nSPS) is 17.4. The fourth-order valence-electron chi connectivity index (χ4n) is 5.31. The lowest BCUT2D eigenvalue weighted by Crippen LogP contribution is -2.49. The summed E-state index contributed by atoms with van der Waals surface area (Å²) in [5, 5.41) is 13.3. The number of nitrogens with two attached hydrogens (primary N) is 1. The molecular weight excluding hydrogens is 534 g/mol. The third kappa shape index (κ3) is 3.92. The molecule has 0 aliphatic carbocycles. The van der Waals surface area contributed by atoms with E-state index >= 15 is 0 Å². The van der Waals surface area contributed by atoms with Crippen molar-refractivity contribution < 1.29 is 13.6 Å². The molecule has 1 atom stereocenters. The van der Waals surface area contributed by atoms with Gasteiger partial charge in [0.1, 0.15) is 34.8 Å². The summed E-state index contributed by atoms with van der Waals surface area (Å²) in [5.74, 6) is -1.15. The Morgan fingerprint density at radius 1 is 1.00 bits per heavy atom. The van der Waals surface area contributed by atoms with Crippen LogP contribution < -0.4 is 21.5 Å². The van der Waals surface area contributed by atoms with Crippen LogP contribution in [0.4, 0.5) is 20.3 Å². The summed E-state index contributed by atoms with van der Waals surface area (Å²) in [6.45, 7) is 0.00361. The Labute approximate surface area is 231 Å². The highest BCUT2D eigenvalue weighted by Gasteiger charge is 2.60. The SMILES string of the molecule is N#CC1=C(N)Nc2nc(SCc3cccc(F)c3)[nH]c(=O)c2[C@@]12C(=O)N(Cc1cccc(F)c1)c1ccccc12. The van der Waals surface area contributed by atoms with E-state index in [1.54, 1.807) is 48.5 Å². The highest BCUT2D eigenvalue weighted by atomic mass is 32.2. The number of amides is 1. The number of nitriles is 1. The van der Waals surface area contributed by atoms with Crippen molar-refractivity contribution in [3.8, 4) is 6.07 Å². The molecule has 0 fully saturated rings. The second kappa shape index (κ2) is 9.66. The molecular formula is C29H20F2N6O2S. The zero-order valence-electron chi connectivity index (χ0n) is 20.7. The molecule has 1 spiro atoms. The van der Waals surface area contributed by atoms with Gasteiger partial charge < -0.3 is 20.9 Å². The lowest BCUT2D eigenvalue weighted by Gasteiger charge is -2.34. The highest BCUT2D eigenvalue weighted by molar-refractivity contribution is 7.98. The predicted octanol–water partition coefficient (Wildman–Crippen LogP) is 4.29. The van der Waals surface area contributed by atoms with E-state index in [2.05, 4.69) is 15.3 Å². The number of fused-ring (bicyclic) bond motifs is 4. The maximum atomic E-state index is 14.4. The second-order valence-electron chi connectivity index (χ2n) is 9.33. The van der Waals surface area contributed by atoms with Crippen LogP contribution in [-0.2, 0) is 22.5 Å². The lowest BCUT2D eigenvalue weighted by molar-refractivity contribution is -0.120. The smallest absolute Gasteiger partial charge is 0.258 e. The molecule has 0 bridgehead atoms. The van der Waals surface area contributed by atoms with Gasteiger partial charge in [-0.1, -0.05) is 54.2 Å². The Morgan fingerprint density at radius 2 is 1.70 bits per heavy atom. The van der Waals surface area contributed by atoms with Gasteiger partial charge in [-0.05, 0) is 41.5 Å². The van der Waals surface area contributed by atoms with Crippen molar-refractivity contribution in [1.29, 1.82) is 5.26 Å². The number of hydrogen-bond donors (Lipinski definition) is 3. The molecule has 4 N–H and O–H groups in total. The molecule has 40 heavy (non-hydrogen) atoms. The van der Waals surface area contributed by atoms with Crippen molar-refractivity contribution in [2.24, 2.45) is 5.73 Å². The molecule has 0 radical (unpaired) electrons. The average Bonchev–Trinajstić information content (AvgIpc) is 3.15. The van der Waals surface area contributed by atoms with E-state index in [0.29, 0.717) is 28.1 Å². The number of H-pyrrole nitrogens is 1. The van der Waals surface area contributed by atoms with Crippen LogP contribution >= 0.6 is 11.8 Å². The standard InChI is InChI=1S/C29H20F2N6O2S/c30-18-7-3-5-16(11-18)14-37-22-10-2-1-9-20(22)29(27(37)39)21(13-32)24(33)34-25-23(29)26(38)36-28(35-25)40-15-17-6-4-8-19(31)12-17/h1-12H,14-15,33H2,(H2,34,35,36,38)/t29-/m0/s1. The van der Waals surface area contributed by atoms with Crippen molar-refractivity contribution in [3.63, 3.8) is 0 Å².